The van der Waals surface area contributed by atoms with Crippen LogP contribution in [-0.4, -0.2) is 50.9 Å². The molecule has 26 heavy (non-hydrogen) atoms. The highest BCUT2D eigenvalue weighted by Crippen LogP contribution is 2.28. The maximum atomic E-state index is 5.56. The number of rotatable bonds is 8. The highest BCUT2D eigenvalue weighted by molar-refractivity contribution is 5.48. The Labute approximate surface area is 157 Å². The van der Waals surface area contributed by atoms with Crippen molar-refractivity contribution in [3.8, 4) is 5.75 Å². The molecular weight excluding hydrogens is 324 g/mol. The maximum absolute atomic E-state index is 5.56. The SMILES string of the molecule is COCC1(Nc2ccc(OC)cc2)CCN(CCc2ccccc2)CC1. The van der Waals surface area contributed by atoms with Crippen molar-refractivity contribution in [2.75, 3.05) is 45.8 Å². The van der Waals surface area contributed by atoms with Crippen LogP contribution in [0.15, 0.2) is 54.6 Å². The molecule has 1 heterocycles. The molecular formula is C22H30N2O2. The molecule has 0 saturated carbocycles. The van der Waals surface area contributed by atoms with Gasteiger partial charge in [-0.15, -0.1) is 0 Å². The molecule has 2 aromatic carbocycles. The first-order valence-corrected chi connectivity index (χ1v) is 9.40. The quantitative estimate of drug-likeness (QED) is 0.781. The van der Waals surface area contributed by atoms with Gasteiger partial charge in [0.25, 0.3) is 0 Å². The van der Waals surface area contributed by atoms with Crippen LogP contribution in [-0.2, 0) is 11.2 Å². The van der Waals surface area contributed by atoms with Crippen molar-refractivity contribution in [1.29, 1.82) is 0 Å². The van der Waals surface area contributed by atoms with Crippen LogP contribution >= 0.6 is 0 Å². The number of anilines is 1. The summed E-state index contributed by atoms with van der Waals surface area (Å²) in [5.74, 6) is 0.882. The predicted octanol–water partition coefficient (Wildman–Crippen LogP) is 3.83. The van der Waals surface area contributed by atoms with E-state index in [1.54, 1.807) is 14.2 Å². The fourth-order valence-corrected chi connectivity index (χ4v) is 3.70. The average Bonchev–Trinajstić information content (AvgIpc) is 2.69. The van der Waals surface area contributed by atoms with E-state index >= 15 is 0 Å². The molecule has 0 amide bonds. The Bertz CT molecular complexity index is 650. The molecule has 2 aromatic rings. The summed E-state index contributed by atoms with van der Waals surface area (Å²) < 4.78 is 10.8. The fourth-order valence-electron chi connectivity index (χ4n) is 3.70. The van der Waals surface area contributed by atoms with Gasteiger partial charge in [0.2, 0.25) is 0 Å². The number of ether oxygens (including phenoxy) is 2. The zero-order chi connectivity index (χ0) is 18.2. The predicted molar refractivity (Wildman–Crippen MR) is 107 cm³/mol. The summed E-state index contributed by atoms with van der Waals surface area (Å²) in [5, 5.41) is 3.73. The van der Waals surface area contributed by atoms with Gasteiger partial charge in [-0.3, -0.25) is 0 Å². The van der Waals surface area contributed by atoms with Gasteiger partial charge >= 0.3 is 0 Å². The molecule has 1 aliphatic rings. The van der Waals surface area contributed by atoms with E-state index in [1.807, 2.05) is 12.1 Å². The number of nitrogens with one attached hydrogen (secondary N) is 1. The normalized spacial score (nSPS) is 17.0. The minimum Gasteiger partial charge on any atom is -0.497 e. The first-order chi connectivity index (χ1) is 12.7. The summed E-state index contributed by atoms with van der Waals surface area (Å²) in [4.78, 5) is 2.57. The van der Waals surface area contributed by atoms with E-state index in [2.05, 4.69) is 52.7 Å². The van der Waals surface area contributed by atoms with Crippen LogP contribution in [0.2, 0.25) is 0 Å². The molecule has 4 heteroatoms. The van der Waals surface area contributed by atoms with Crippen LogP contribution in [0.5, 0.6) is 5.75 Å². The van der Waals surface area contributed by atoms with E-state index in [-0.39, 0.29) is 5.54 Å². The summed E-state index contributed by atoms with van der Waals surface area (Å²) in [7, 11) is 3.49. The molecule has 0 atom stereocenters. The third-order valence-electron chi connectivity index (χ3n) is 5.29. The lowest BCUT2D eigenvalue weighted by Gasteiger charge is -2.42. The van der Waals surface area contributed by atoms with Crippen LogP contribution in [0.3, 0.4) is 0 Å². The van der Waals surface area contributed by atoms with Gasteiger partial charge in [0.05, 0.1) is 19.3 Å². The Morgan fingerprint density at radius 3 is 2.27 bits per heavy atom. The van der Waals surface area contributed by atoms with Crippen molar-refractivity contribution in [2.24, 2.45) is 0 Å². The number of nitrogens with zero attached hydrogens (tertiary/aromatic N) is 1. The Morgan fingerprint density at radius 1 is 0.962 bits per heavy atom. The largest absolute Gasteiger partial charge is 0.497 e. The minimum atomic E-state index is 0.00653. The average molecular weight is 354 g/mol. The highest BCUT2D eigenvalue weighted by Gasteiger charge is 2.34. The molecule has 1 fully saturated rings. The molecule has 0 aromatic heterocycles. The van der Waals surface area contributed by atoms with Crippen LogP contribution in [0, 0.1) is 0 Å². The summed E-state index contributed by atoms with van der Waals surface area (Å²) in [6.07, 6.45) is 3.29. The van der Waals surface area contributed by atoms with Gasteiger partial charge in [0.15, 0.2) is 0 Å². The lowest BCUT2D eigenvalue weighted by atomic mass is 9.87. The van der Waals surface area contributed by atoms with Crippen molar-refractivity contribution in [1.82, 2.24) is 4.90 Å². The molecule has 0 spiro atoms. The standard InChI is InChI=1S/C22H30N2O2/c1-25-18-22(23-20-8-10-21(26-2)11-9-20)13-16-24(17-14-22)15-12-19-6-4-3-5-7-19/h3-11,23H,12-18H2,1-2H3. The third-order valence-corrected chi connectivity index (χ3v) is 5.29. The van der Waals surface area contributed by atoms with Crippen molar-refractivity contribution < 1.29 is 9.47 Å². The molecule has 1 aliphatic heterocycles. The van der Waals surface area contributed by atoms with Crippen molar-refractivity contribution in [2.45, 2.75) is 24.8 Å². The lowest BCUT2D eigenvalue weighted by Crippen LogP contribution is -2.52. The molecule has 0 unspecified atom stereocenters. The Balaban J connectivity index is 1.55. The van der Waals surface area contributed by atoms with Gasteiger partial charge < -0.3 is 19.7 Å². The van der Waals surface area contributed by atoms with Crippen LogP contribution in [0.4, 0.5) is 5.69 Å². The molecule has 1 saturated heterocycles. The maximum Gasteiger partial charge on any atom is 0.119 e. The number of piperidine rings is 1. The Morgan fingerprint density at radius 2 is 1.65 bits per heavy atom. The first-order valence-electron chi connectivity index (χ1n) is 9.40. The topological polar surface area (TPSA) is 33.7 Å². The second-order valence-electron chi connectivity index (χ2n) is 7.14. The number of hydrogen-bond acceptors (Lipinski definition) is 4. The fraction of sp³-hybridized carbons (Fsp3) is 0.455. The molecule has 1 N–H and O–H groups in total. The van der Waals surface area contributed by atoms with E-state index in [9.17, 15) is 0 Å². The third kappa shape index (κ3) is 4.99. The minimum absolute atomic E-state index is 0.00653. The molecule has 0 radical (unpaired) electrons. The monoisotopic (exact) mass is 354 g/mol. The summed E-state index contributed by atoms with van der Waals surface area (Å²) >= 11 is 0. The van der Waals surface area contributed by atoms with Crippen molar-refractivity contribution in [3.63, 3.8) is 0 Å². The van der Waals surface area contributed by atoms with Crippen LogP contribution in [0.1, 0.15) is 18.4 Å². The van der Waals surface area contributed by atoms with E-state index in [0.717, 1.165) is 56.9 Å². The number of hydrogen-bond donors (Lipinski definition) is 1. The number of methoxy groups -OCH3 is 2. The second-order valence-corrected chi connectivity index (χ2v) is 7.14. The molecule has 140 valence electrons. The van der Waals surface area contributed by atoms with Gasteiger partial charge in [0, 0.05) is 32.4 Å². The zero-order valence-electron chi connectivity index (χ0n) is 15.9. The van der Waals surface area contributed by atoms with Crippen molar-refractivity contribution in [3.05, 3.63) is 60.2 Å². The molecule has 0 bridgehead atoms. The Kier molecular flexibility index (Phi) is 6.53. The smallest absolute Gasteiger partial charge is 0.119 e. The molecule has 0 aliphatic carbocycles. The molecule has 4 nitrogen and oxygen atoms in total. The summed E-state index contributed by atoms with van der Waals surface area (Å²) in [5.41, 5.74) is 2.55. The van der Waals surface area contributed by atoms with Gasteiger partial charge in [0.1, 0.15) is 5.75 Å². The zero-order valence-corrected chi connectivity index (χ0v) is 15.9. The van der Waals surface area contributed by atoms with Gasteiger partial charge in [-0.1, -0.05) is 30.3 Å². The summed E-state index contributed by atoms with van der Waals surface area (Å²) in [6, 6.07) is 18.9. The van der Waals surface area contributed by atoms with Gasteiger partial charge in [-0.25, -0.2) is 0 Å². The van der Waals surface area contributed by atoms with Crippen LogP contribution in [0.25, 0.3) is 0 Å². The Hall–Kier alpha value is -2.04. The lowest BCUT2D eigenvalue weighted by molar-refractivity contribution is 0.0891. The van der Waals surface area contributed by atoms with E-state index in [4.69, 9.17) is 9.47 Å². The van der Waals surface area contributed by atoms with Gasteiger partial charge in [-0.2, -0.15) is 0 Å². The summed E-state index contributed by atoms with van der Waals surface area (Å²) in [6.45, 7) is 4.04. The first kappa shape index (κ1) is 18.7. The second kappa shape index (κ2) is 9.06. The van der Waals surface area contributed by atoms with E-state index < -0.39 is 0 Å². The number of benzene rings is 2. The van der Waals surface area contributed by atoms with Crippen molar-refractivity contribution >= 4 is 5.69 Å². The highest BCUT2D eigenvalue weighted by atomic mass is 16.5. The van der Waals surface area contributed by atoms with Gasteiger partial charge in [-0.05, 0) is 49.1 Å². The number of likely N-dealkylation sites (tertiary alicyclic amines) is 1. The van der Waals surface area contributed by atoms with Crippen LogP contribution < -0.4 is 10.1 Å². The van der Waals surface area contributed by atoms with E-state index in [0.29, 0.717) is 0 Å². The van der Waals surface area contributed by atoms with E-state index in [1.165, 1.54) is 5.56 Å². The molecule has 3 rings (SSSR count).